The topological polar surface area (TPSA) is 40.9 Å². The van der Waals surface area contributed by atoms with Gasteiger partial charge in [-0.2, -0.15) is 0 Å². The van der Waals surface area contributed by atoms with Gasteiger partial charge in [-0.1, -0.05) is 36.4 Å². The minimum Gasteiger partial charge on any atom is -0.369 e. The van der Waals surface area contributed by atoms with Crippen LogP contribution in [-0.2, 0) is 0 Å². The SMILES string of the molecule is CC/C(C)=C(\C)Sc1cc(-c2cc(=O)n3cc(N4CC[C@H](N(C)C)C4)ccc3n2)ccc1C. The number of benzene rings is 1. The van der Waals surface area contributed by atoms with Gasteiger partial charge in [0.25, 0.3) is 5.56 Å². The van der Waals surface area contributed by atoms with E-state index in [9.17, 15) is 4.79 Å². The second kappa shape index (κ2) is 9.74. The average Bonchev–Trinajstić information content (AvgIpc) is 3.30. The molecule has 0 saturated carbocycles. The third-order valence-electron chi connectivity index (χ3n) is 6.78. The number of hydrogen-bond donors (Lipinski definition) is 0. The van der Waals surface area contributed by atoms with Gasteiger partial charge in [0.1, 0.15) is 5.65 Å². The van der Waals surface area contributed by atoms with E-state index in [2.05, 4.69) is 75.9 Å². The number of allylic oxidation sites excluding steroid dienone is 2. The number of nitrogens with zero attached hydrogens (tertiary/aromatic N) is 4. The van der Waals surface area contributed by atoms with Crippen LogP contribution in [0.25, 0.3) is 16.9 Å². The zero-order chi connectivity index (χ0) is 23.7. The van der Waals surface area contributed by atoms with Crippen molar-refractivity contribution in [2.24, 2.45) is 0 Å². The molecule has 3 aromatic rings. The zero-order valence-corrected chi connectivity index (χ0v) is 21.4. The maximum absolute atomic E-state index is 13.1. The number of hydrogen-bond acceptors (Lipinski definition) is 5. The number of fused-ring (bicyclic) bond motifs is 1. The summed E-state index contributed by atoms with van der Waals surface area (Å²) < 4.78 is 1.67. The molecule has 0 unspecified atom stereocenters. The first kappa shape index (κ1) is 23.6. The predicted octanol–water partition coefficient (Wildman–Crippen LogP) is 5.61. The lowest BCUT2D eigenvalue weighted by molar-refractivity contribution is 0.315. The summed E-state index contributed by atoms with van der Waals surface area (Å²) in [5.41, 5.74) is 6.03. The highest BCUT2D eigenvalue weighted by Gasteiger charge is 2.24. The largest absolute Gasteiger partial charge is 0.369 e. The lowest BCUT2D eigenvalue weighted by atomic mass is 10.1. The van der Waals surface area contributed by atoms with Crippen LogP contribution in [0.3, 0.4) is 0 Å². The highest BCUT2D eigenvalue weighted by atomic mass is 32.2. The Morgan fingerprint density at radius 1 is 1.18 bits per heavy atom. The lowest BCUT2D eigenvalue weighted by Gasteiger charge is -2.22. The van der Waals surface area contributed by atoms with E-state index in [4.69, 9.17) is 4.98 Å². The molecular weight excluding hydrogens is 428 g/mol. The van der Waals surface area contributed by atoms with Gasteiger partial charge in [-0.15, -0.1) is 0 Å². The number of thioether (sulfide) groups is 1. The molecule has 1 aromatic carbocycles. The third-order valence-corrected chi connectivity index (χ3v) is 8.10. The van der Waals surface area contributed by atoms with Crippen LogP contribution in [0.4, 0.5) is 5.69 Å². The molecule has 2 aromatic heterocycles. The number of pyridine rings is 1. The van der Waals surface area contributed by atoms with E-state index in [1.54, 1.807) is 22.2 Å². The van der Waals surface area contributed by atoms with Crippen LogP contribution in [0.2, 0.25) is 0 Å². The second-order valence-corrected chi connectivity index (χ2v) is 10.5. The summed E-state index contributed by atoms with van der Waals surface area (Å²) in [4.78, 5) is 25.0. The number of likely N-dealkylation sites (N-methyl/N-ethyl adjacent to an activating group) is 1. The smallest absolute Gasteiger partial charge is 0.258 e. The van der Waals surface area contributed by atoms with Crippen LogP contribution in [0.15, 0.2) is 62.8 Å². The van der Waals surface area contributed by atoms with Crippen molar-refractivity contribution in [1.82, 2.24) is 14.3 Å². The fraction of sp³-hybridized carbons (Fsp3) is 0.407. The van der Waals surface area contributed by atoms with Gasteiger partial charge in [0.2, 0.25) is 0 Å². The average molecular weight is 463 g/mol. The van der Waals surface area contributed by atoms with E-state index < -0.39 is 0 Å². The Morgan fingerprint density at radius 3 is 2.67 bits per heavy atom. The molecule has 0 amide bonds. The Hall–Kier alpha value is -2.57. The molecule has 5 nitrogen and oxygen atoms in total. The molecule has 4 rings (SSSR count). The molecule has 0 radical (unpaired) electrons. The Kier molecular flexibility index (Phi) is 6.96. The van der Waals surface area contributed by atoms with Gasteiger partial charge in [-0.3, -0.25) is 9.20 Å². The second-order valence-electron chi connectivity index (χ2n) is 9.22. The van der Waals surface area contributed by atoms with Gasteiger partial charge in [0, 0.05) is 41.9 Å². The van der Waals surface area contributed by atoms with E-state index in [0.29, 0.717) is 11.7 Å². The molecule has 1 atom stereocenters. The summed E-state index contributed by atoms with van der Waals surface area (Å²) in [5, 5.41) is 0. The number of aryl methyl sites for hydroxylation is 1. The van der Waals surface area contributed by atoms with Crippen LogP contribution in [0.1, 0.15) is 39.2 Å². The van der Waals surface area contributed by atoms with Crippen molar-refractivity contribution in [2.45, 2.75) is 51.5 Å². The van der Waals surface area contributed by atoms with Crippen molar-refractivity contribution in [2.75, 3.05) is 32.1 Å². The van der Waals surface area contributed by atoms with Crippen LogP contribution < -0.4 is 10.5 Å². The van der Waals surface area contributed by atoms with E-state index in [0.717, 1.165) is 42.9 Å². The van der Waals surface area contributed by atoms with Gasteiger partial charge < -0.3 is 9.80 Å². The molecule has 6 heteroatoms. The predicted molar refractivity (Wildman–Crippen MR) is 140 cm³/mol. The van der Waals surface area contributed by atoms with E-state index in [-0.39, 0.29) is 5.56 Å². The van der Waals surface area contributed by atoms with Crippen molar-refractivity contribution in [3.05, 3.63) is 69.0 Å². The molecule has 1 saturated heterocycles. The van der Waals surface area contributed by atoms with E-state index in [1.165, 1.54) is 20.9 Å². The first-order valence-electron chi connectivity index (χ1n) is 11.7. The molecule has 3 heterocycles. The fourth-order valence-corrected chi connectivity index (χ4v) is 5.26. The molecule has 0 N–H and O–H groups in total. The summed E-state index contributed by atoms with van der Waals surface area (Å²) in [6.45, 7) is 10.7. The van der Waals surface area contributed by atoms with Gasteiger partial charge >= 0.3 is 0 Å². The summed E-state index contributed by atoms with van der Waals surface area (Å²) in [6.07, 6.45) is 4.12. The molecule has 0 aliphatic carbocycles. The summed E-state index contributed by atoms with van der Waals surface area (Å²) in [6, 6.07) is 12.6. The van der Waals surface area contributed by atoms with Crippen molar-refractivity contribution in [3.8, 4) is 11.3 Å². The van der Waals surface area contributed by atoms with Crippen molar-refractivity contribution in [3.63, 3.8) is 0 Å². The molecule has 1 aliphatic heterocycles. The number of anilines is 1. The molecule has 174 valence electrons. The Bertz CT molecular complexity index is 1260. The molecule has 0 spiro atoms. The fourth-order valence-electron chi connectivity index (χ4n) is 4.19. The van der Waals surface area contributed by atoms with Gasteiger partial charge in [0.15, 0.2) is 0 Å². The van der Waals surface area contributed by atoms with Crippen LogP contribution >= 0.6 is 11.8 Å². The highest BCUT2D eigenvalue weighted by molar-refractivity contribution is 8.03. The van der Waals surface area contributed by atoms with Gasteiger partial charge in [-0.25, -0.2) is 4.98 Å². The molecule has 33 heavy (non-hydrogen) atoms. The first-order chi connectivity index (χ1) is 15.8. The summed E-state index contributed by atoms with van der Waals surface area (Å²) in [7, 11) is 4.25. The molecule has 1 aliphatic rings. The van der Waals surface area contributed by atoms with Gasteiger partial charge in [0.05, 0.1) is 11.4 Å². The maximum atomic E-state index is 13.1. The quantitative estimate of drug-likeness (QED) is 0.446. The van der Waals surface area contributed by atoms with Crippen molar-refractivity contribution in [1.29, 1.82) is 0 Å². The monoisotopic (exact) mass is 462 g/mol. The molecular formula is C27H34N4OS. The number of aromatic nitrogens is 2. The minimum absolute atomic E-state index is 0.0483. The Labute approximate surface area is 201 Å². The minimum atomic E-state index is -0.0483. The Morgan fingerprint density at radius 2 is 1.97 bits per heavy atom. The van der Waals surface area contributed by atoms with E-state index in [1.807, 2.05) is 12.3 Å². The highest BCUT2D eigenvalue weighted by Crippen LogP contribution is 2.34. The standard InChI is InChI=1S/C27H34N4OS/c1-7-18(2)20(4)33-25-14-21(9-8-19(25)3)24-15-27(32)31-17-23(10-11-26(31)28-24)30-13-12-22(16-30)29(5)6/h8-11,14-15,17,22H,7,12-13,16H2,1-6H3/b20-18+/t22-/m0/s1. The lowest BCUT2D eigenvalue weighted by Crippen LogP contribution is -2.31. The molecule has 0 bridgehead atoms. The summed E-state index contributed by atoms with van der Waals surface area (Å²) in [5.74, 6) is 0. The molecule has 1 fully saturated rings. The normalized spacial score (nSPS) is 17.2. The van der Waals surface area contributed by atoms with Crippen LogP contribution in [-0.4, -0.2) is 47.5 Å². The first-order valence-corrected chi connectivity index (χ1v) is 12.5. The van der Waals surface area contributed by atoms with Crippen molar-refractivity contribution < 1.29 is 0 Å². The number of rotatable bonds is 6. The van der Waals surface area contributed by atoms with E-state index >= 15 is 0 Å². The Balaban J connectivity index is 1.66. The van der Waals surface area contributed by atoms with Gasteiger partial charge in [-0.05, 0) is 76.4 Å². The van der Waals surface area contributed by atoms with Crippen LogP contribution in [0.5, 0.6) is 0 Å². The third kappa shape index (κ3) is 5.02. The summed E-state index contributed by atoms with van der Waals surface area (Å²) >= 11 is 1.80. The zero-order valence-electron chi connectivity index (χ0n) is 20.6. The van der Waals surface area contributed by atoms with Crippen molar-refractivity contribution >= 4 is 23.1 Å². The van der Waals surface area contributed by atoms with Crippen LogP contribution in [0, 0.1) is 6.92 Å². The maximum Gasteiger partial charge on any atom is 0.258 e.